The molecule has 2 aromatic rings. The highest BCUT2D eigenvalue weighted by atomic mass is 32.2. The highest BCUT2D eigenvalue weighted by Gasteiger charge is 2.55. The lowest BCUT2D eigenvalue weighted by Gasteiger charge is -2.50. The van der Waals surface area contributed by atoms with Gasteiger partial charge in [-0.25, -0.2) is 18.4 Å². The van der Waals surface area contributed by atoms with Crippen LogP contribution in [0.4, 0.5) is 0 Å². The van der Waals surface area contributed by atoms with Crippen LogP contribution in [0.25, 0.3) is 0 Å². The number of sulfonamides is 1. The highest BCUT2D eigenvalue weighted by molar-refractivity contribution is 8.01. The number of rotatable bonds is 11. The number of β-lactam (4-membered cyclic amide) rings is 1. The van der Waals surface area contributed by atoms with Crippen molar-refractivity contribution in [1.29, 1.82) is 0 Å². The minimum absolute atomic E-state index is 0.0541. The van der Waals surface area contributed by atoms with Crippen LogP contribution < -0.4 is 16.2 Å². The Hall–Kier alpha value is -3.03. The Morgan fingerprint density at radius 1 is 1.32 bits per heavy atom. The molecule has 1 aromatic carbocycles. The summed E-state index contributed by atoms with van der Waals surface area (Å²) < 4.78 is 23.2. The number of aliphatic carboxylic acids is 1. The standard InChI is InChI=1S/C20H24N8O7S3/c21-13(10-3-1-9(7-29)2-4-10)16(30)23-14-17(31)28-15(19(32)33)11(8-36-18(14)28)12(5-6-38(22,34)35)37-20-24-26-27-25-20/h1-4,12-14,18,29H,5-8,21H2,(H,23,30)(H,32,33)(H2,22,34,35)(H,24,25,26,27)/t12?,13?,14?,18-/m0/s1. The number of carbonyl (C=O) groups excluding carboxylic acids is 2. The molecule has 0 aliphatic carbocycles. The summed E-state index contributed by atoms with van der Waals surface area (Å²) >= 11 is 2.22. The number of carboxylic acid groups (broad SMARTS) is 1. The number of carboxylic acids is 1. The Balaban J connectivity index is 1.54. The van der Waals surface area contributed by atoms with Crippen LogP contribution in [-0.4, -0.2) is 90.1 Å². The van der Waals surface area contributed by atoms with Gasteiger partial charge in [-0.2, -0.15) is 5.21 Å². The van der Waals surface area contributed by atoms with E-state index in [1.165, 1.54) is 11.8 Å². The number of hydrogen-bond acceptors (Lipinski definition) is 12. The number of hydrogen-bond donors (Lipinski definition) is 6. The van der Waals surface area contributed by atoms with E-state index in [0.29, 0.717) is 16.7 Å². The number of nitrogens with one attached hydrogen (secondary N) is 2. The summed E-state index contributed by atoms with van der Waals surface area (Å²) in [5.74, 6) is -2.93. The molecule has 204 valence electrons. The van der Waals surface area contributed by atoms with Gasteiger partial charge in [-0.15, -0.1) is 22.0 Å². The van der Waals surface area contributed by atoms with Crippen LogP contribution in [0.2, 0.25) is 0 Å². The Morgan fingerprint density at radius 2 is 2.03 bits per heavy atom. The first-order valence-electron chi connectivity index (χ1n) is 11.1. The zero-order valence-electron chi connectivity index (χ0n) is 19.6. The summed E-state index contributed by atoms with van der Waals surface area (Å²) in [6.45, 7) is -0.162. The topological polar surface area (TPSA) is 248 Å². The molecular weight excluding hydrogens is 560 g/mol. The van der Waals surface area contributed by atoms with E-state index in [0.717, 1.165) is 16.7 Å². The molecule has 3 heterocycles. The van der Waals surface area contributed by atoms with Crippen molar-refractivity contribution < 1.29 is 33.0 Å². The zero-order valence-corrected chi connectivity index (χ0v) is 22.0. The molecule has 2 aliphatic heterocycles. The molecule has 0 bridgehead atoms. The monoisotopic (exact) mass is 584 g/mol. The maximum absolute atomic E-state index is 13.1. The van der Waals surface area contributed by atoms with Crippen molar-refractivity contribution in [3.63, 3.8) is 0 Å². The van der Waals surface area contributed by atoms with Crippen molar-refractivity contribution in [2.75, 3.05) is 11.5 Å². The largest absolute Gasteiger partial charge is 0.477 e. The second-order valence-corrected chi connectivity index (χ2v) is 12.4. The fourth-order valence-corrected chi connectivity index (χ4v) is 7.27. The third kappa shape index (κ3) is 6.00. The van der Waals surface area contributed by atoms with Gasteiger partial charge in [-0.05, 0) is 28.3 Å². The second-order valence-electron chi connectivity index (χ2n) is 8.41. The van der Waals surface area contributed by atoms with Gasteiger partial charge in [-0.3, -0.25) is 14.5 Å². The SMILES string of the molecule is NC(C(=O)NC1C(=O)N2C(C(=O)O)=C(C(CCS(N)(=O)=O)Sc3nn[nH]n3)CS[C@@H]12)c1ccc(CO)cc1. The normalized spacial score (nSPS) is 20.9. The summed E-state index contributed by atoms with van der Waals surface area (Å²) in [6, 6.07) is 4.36. The van der Waals surface area contributed by atoms with E-state index in [1.54, 1.807) is 24.3 Å². The predicted molar refractivity (Wildman–Crippen MR) is 135 cm³/mol. The van der Waals surface area contributed by atoms with E-state index in [2.05, 4.69) is 25.9 Å². The molecule has 18 heteroatoms. The molecule has 3 unspecified atom stereocenters. The molecule has 1 fully saturated rings. The van der Waals surface area contributed by atoms with Crippen LogP contribution in [0.1, 0.15) is 23.6 Å². The van der Waals surface area contributed by atoms with E-state index in [1.807, 2.05) is 0 Å². The molecule has 4 rings (SSSR count). The quantitative estimate of drug-likeness (QED) is 0.127. The Morgan fingerprint density at radius 3 is 2.61 bits per heavy atom. The number of aliphatic hydroxyl groups excluding tert-OH is 1. The number of nitrogens with zero attached hydrogens (tertiary/aromatic N) is 4. The first-order chi connectivity index (χ1) is 18.0. The van der Waals surface area contributed by atoms with Gasteiger partial charge >= 0.3 is 5.97 Å². The summed E-state index contributed by atoms with van der Waals surface area (Å²) in [7, 11) is -3.86. The molecule has 1 aromatic heterocycles. The minimum atomic E-state index is -3.86. The number of nitrogens with two attached hydrogens (primary N) is 2. The smallest absolute Gasteiger partial charge is 0.352 e. The van der Waals surface area contributed by atoms with Gasteiger partial charge in [0.2, 0.25) is 21.1 Å². The molecule has 1 saturated heterocycles. The summed E-state index contributed by atoms with van der Waals surface area (Å²) in [4.78, 5) is 39.2. The van der Waals surface area contributed by atoms with Crippen LogP contribution in [0.3, 0.4) is 0 Å². The Bertz CT molecular complexity index is 1350. The van der Waals surface area contributed by atoms with Gasteiger partial charge in [-0.1, -0.05) is 36.0 Å². The van der Waals surface area contributed by atoms with E-state index in [4.69, 9.17) is 10.9 Å². The van der Waals surface area contributed by atoms with Gasteiger partial charge in [0.05, 0.1) is 12.4 Å². The maximum atomic E-state index is 13.1. The molecule has 15 nitrogen and oxygen atoms in total. The number of tetrazole rings is 1. The van der Waals surface area contributed by atoms with Crippen LogP contribution in [0.15, 0.2) is 40.7 Å². The molecular formula is C20H24N8O7S3. The number of primary sulfonamides is 1. The third-order valence-electron chi connectivity index (χ3n) is 5.93. The van der Waals surface area contributed by atoms with Crippen molar-refractivity contribution in [2.45, 2.75) is 40.9 Å². The van der Waals surface area contributed by atoms with Crippen LogP contribution >= 0.6 is 23.5 Å². The number of benzene rings is 1. The maximum Gasteiger partial charge on any atom is 0.352 e. The molecule has 8 N–H and O–H groups in total. The molecule has 0 saturated carbocycles. The zero-order chi connectivity index (χ0) is 27.6. The van der Waals surface area contributed by atoms with Crippen molar-refractivity contribution in [1.82, 2.24) is 30.8 Å². The number of amides is 2. The highest BCUT2D eigenvalue weighted by Crippen LogP contribution is 2.44. The van der Waals surface area contributed by atoms with Crippen molar-refractivity contribution >= 4 is 51.3 Å². The van der Waals surface area contributed by atoms with Crippen LogP contribution in [-0.2, 0) is 31.0 Å². The van der Waals surface area contributed by atoms with Crippen molar-refractivity contribution in [2.24, 2.45) is 10.9 Å². The fraction of sp³-hybridized carbons (Fsp3) is 0.400. The van der Waals surface area contributed by atoms with E-state index < -0.39 is 56.3 Å². The van der Waals surface area contributed by atoms with Gasteiger partial charge < -0.3 is 21.3 Å². The predicted octanol–water partition coefficient (Wildman–Crippen LogP) is -1.73. The molecule has 2 amide bonds. The number of H-pyrrole nitrogens is 1. The lowest BCUT2D eigenvalue weighted by molar-refractivity contribution is -0.150. The molecule has 2 aliphatic rings. The number of aromatic amines is 1. The van der Waals surface area contributed by atoms with E-state index >= 15 is 0 Å². The first-order valence-corrected chi connectivity index (χ1v) is 14.7. The van der Waals surface area contributed by atoms with Gasteiger partial charge in [0.1, 0.15) is 23.2 Å². The lowest BCUT2D eigenvalue weighted by Crippen LogP contribution is -2.71. The van der Waals surface area contributed by atoms with Gasteiger partial charge in [0.15, 0.2) is 0 Å². The van der Waals surface area contributed by atoms with E-state index in [-0.39, 0.29) is 29.6 Å². The van der Waals surface area contributed by atoms with Crippen molar-refractivity contribution in [3.8, 4) is 0 Å². The van der Waals surface area contributed by atoms with Gasteiger partial charge in [0, 0.05) is 11.0 Å². The number of aliphatic hydroxyl groups is 1. The summed E-state index contributed by atoms with van der Waals surface area (Å²) in [6.07, 6.45) is -0.0541. The Kier molecular flexibility index (Phi) is 8.38. The van der Waals surface area contributed by atoms with Crippen molar-refractivity contribution in [3.05, 3.63) is 46.7 Å². The second kappa shape index (κ2) is 11.4. The summed E-state index contributed by atoms with van der Waals surface area (Å²) in [5.41, 5.74) is 7.19. The minimum Gasteiger partial charge on any atom is -0.477 e. The first kappa shape index (κ1) is 28.0. The number of carbonyl (C=O) groups is 3. The van der Waals surface area contributed by atoms with E-state index in [9.17, 15) is 33.0 Å². The van der Waals surface area contributed by atoms with Crippen LogP contribution in [0.5, 0.6) is 0 Å². The number of aromatic nitrogens is 4. The number of fused-ring (bicyclic) bond motifs is 1. The fourth-order valence-electron chi connectivity index (χ4n) is 4.02. The summed E-state index contributed by atoms with van der Waals surface area (Å²) in [5, 5.41) is 39.1. The van der Waals surface area contributed by atoms with Crippen LogP contribution in [0, 0.1) is 0 Å². The number of thioether (sulfide) groups is 2. The van der Waals surface area contributed by atoms with Gasteiger partial charge in [0.25, 0.3) is 5.91 Å². The molecule has 0 spiro atoms. The Labute approximate surface area is 224 Å². The molecule has 0 radical (unpaired) electrons. The molecule has 4 atom stereocenters. The lowest BCUT2D eigenvalue weighted by atomic mass is 9.99. The average Bonchev–Trinajstić information content (AvgIpc) is 3.40. The average molecular weight is 585 g/mol. The molecule has 38 heavy (non-hydrogen) atoms. The third-order valence-corrected chi connectivity index (χ3v) is 9.22.